The first-order valence-corrected chi connectivity index (χ1v) is 16.0. The summed E-state index contributed by atoms with van der Waals surface area (Å²) in [7, 11) is 1.80. The third kappa shape index (κ3) is 7.58. The molecule has 246 valence electrons. The van der Waals surface area contributed by atoms with Gasteiger partial charge in [-0.2, -0.15) is 5.10 Å². The maximum atomic E-state index is 13.0. The molecule has 0 bridgehead atoms. The number of nitrogens with zero attached hydrogens (tertiary/aromatic N) is 3. The van der Waals surface area contributed by atoms with Gasteiger partial charge in [-0.15, -0.1) is 0 Å². The Bertz CT molecular complexity index is 1970. The van der Waals surface area contributed by atoms with Gasteiger partial charge in [0.25, 0.3) is 5.91 Å². The van der Waals surface area contributed by atoms with Crippen LogP contribution in [-0.2, 0) is 18.3 Å². The lowest BCUT2D eigenvalue weighted by molar-refractivity contribution is -0.115. The van der Waals surface area contributed by atoms with Gasteiger partial charge in [-0.05, 0) is 92.8 Å². The van der Waals surface area contributed by atoms with E-state index in [-0.39, 0.29) is 46.8 Å². The lowest BCUT2D eigenvalue weighted by Gasteiger charge is -2.29. The number of hydrogen-bond donors (Lipinski definition) is 3. The van der Waals surface area contributed by atoms with E-state index in [2.05, 4.69) is 20.7 Å². The molecule has 11 nitrogen and oxygen atoms in total. The number of carboxylic acids is 1. The van der Waals surface area contributed by atoms with Crippen molar-refractivity contribution in [3.05, 3.63) is 106 Å². The smallest absolute Gasteiger partial charge is 0.337 e. The van der Waals surface area contributed by atoms with Crippen LogP contribution < -0.4 is 20.1 Å². The lowest BCUT2D eigenvalue weighted by atomic mass is 9.92. The summed E-state index contributed by atoms with van der Waals surface area (Å²) in [5.74, 6) is 0.320. The van der Waals surface area contributed by atoms with Gasteiger partial charge < -0.3 is 25.2 Å². The lowest BCUT2D eigenvalue weighted by Crippen LogP contribution is -2.39. The van der Waals surface area contributed by atoms with Crippen LogP contribution in [0.1, 0.15) is 57.7 Å². The molecule has 2 heterocycles. The van der Waals surface area contributed by atoms with Crippen LogP contribution in [0.4, 0.5) is 5.69 Å². The van der Waals surface area contributed by atoms with Gasteiger partial charge >= 0.3 is 5.97 Å². The highest BCUT2D eigenvalue weighted by Crippen LogP contribution is 2.29. The minimum Gasteiger partial charge on any atom is -0.490 e. The number of carboxylic acid groups (broad SMARTS) is 1. The molecule has 3 N–H and O–H groups in total. The molecule has 0 spiro atoms. The van der Waals surface area contributed by atoms with Crippen molar-refractivity contribution in [3.63, 3.8) is 0 Å². The van der Waals surface area contributed by atoms with Crippen LogP contribution in [0.5, 0.6) is 17.2 Å². The van der Waals surface area contributed by atoms with Gasteiger partial charge in [0.15, 0.2) is 5.65 Å². The normalized spacial score (nSPS) is 15.9. The second-order valence-corrected chi connectivity index (χ2v) is 12.1. The summed E-state index contributed by atoms with van der Waals surface area (Å²) in [5.41, 5.74) is 2.83. The zero-order valence-electron chi connectivity index (χ0n) is 26.4. The van der Waals surface area contributed by atoms with Crippen molar-refractivity contribution in [3.8, 4) is 17.2 Å². The third-order valence-electron chi connectivity index (χ3n) is 8.29. The van der Waals surface area contributed by atoms with E-state index in [9.17, 15) is 19.5 Å². The summed E-state index contributed by atoms with van der Waals surface area (Å²) in [6.45, 7) is 1.88. The van der Waals surface area contributed by atoms with E-state index < -0.39 is 5.97 Å². The number of ether oxygens (including phenoxy) is 2. The first kappa shape index (κ1) is 32.5. The van der Waals surface area contributed by atoms with E-state index in [1.165, 1.54) is 6.07 Å². The average molecular weight is 668 g/mol. The molecule has 48 heavy (non-hydrogen) atoms. The zero-order chi connectivity index (χ0) is 33.8. The van der Waals surface area contributed by atoms with Crippen LogP contribution in [0.2, 0.25) is 5.15 Å². The summed E-state index contributed by atoms with van der Waals surface area (Å²) >= 11 is 6.35. The number of pyridine rings is 1. The van der Waals surface area contributed by atoms with E-state index in [0.717, 1.165) is 48.1 Å². The third-order valence-corrected chi connectivity index (χ3v) is 8.58. The second kappa shape index (κ2) is 14.1. The molecule has 1 saturated carbocycles. The maximum Gasteiger partial charge on any atom is 0.337 e. The Kier molecular flexibility index (Phi) is 9.58. The molecular formula is C36H34ClN5O6. The number of para-hydroxylation sites is 1. The zero-order valence-corrected chi connectivity index (χ0v) is 27.2. The van der Waals surface area contributed by atoms with Crippen molar-refractivity contribution >= 4 is 46.1 Å². The number of aromatic carboxylic acids is 1. The minimum absolute atomic E-state index is 0.0179. The number of benzene rings is 3. The number of halogens is 1. The molecule has 0 aliphatic heterocycles. The monoisotopic (exact) mass is 667 g/mol. The van der Waals surface area contributed by atoms with Gasteiger partial charge in [0.05, 0.1) is 35.0 Å². The fourth-order valence-electron chi connectivity index (χ4n) is 5.82. The Hall–Kier alpha value is -5.42. The van der Waals surface area contributed by atoms with Crippen molar-refractivity contribution < 1.29 is 29.0 Å². The number of amides is 2. The highest BCUT2D eigenvalue weighted by Gasteiger charge is 2.25. The minimum atomic E-state index is -1.10. The maximum absolute atomic E-state index is 13.0. The molecule has 1 aliphatic rings. The molecule has 1 fully saturated rings. The molecule has 2 aromatic heterocycles. The molecule has 0 unspecified atom stereocenters. The van der Waals surface area contributed by atoms with Crippen LogP contribution in [0.15, 0.2) is 78.9 Å². The van der Waals surface area contributed by atoms with Crippen LogP contribution in [-0.4, -0.2) is 49.8 Å². The standard InChI is InChI=1S/C36H34ClN5O6/c1-21-29-20-30(33(37)40-34(29)42(2)41-21)35(44)38-23-9-13-25(14-10-23)48-27-17-15-26(16-18-27)47-24-11-7-22(8-12-24)19-32(43)39-31-6-4-3-5-28(31)36(45)46/h3-8,11-12,15-18,20,23,25H,9-10,13-14,19H2,1-2H3,(H,38,44)(H,39,43)(H,45,46). The SMILES string of the molecule is Cc1nn(C)c2nc(Cl)c(C(=O)NC3CCC(Oc4ccc(Oc5ccc(CC(=O)Nc6ccccc6C(=O)O)cc5)cc4)CC3)cc12. The summed E-state index contributed by atoms with van der Waals surface area (Å²) in [6.07, 6.45) is 3.28. The molecule has 6 rings (SSSR count). The van der Waals surface area contributed by atoms with Gasteiger partial charge in [0.2, 0.25) is 5.91 Å². The molecule has 0 radical (unpaired) electrons. The van der Waals surface area contributed by atoms with Crippen LogP contribution >= 0.6 is 11.6 Å². The predicted molar refractivity (Wildman–Crippen MR) is 181 cm³/mol. The summed E-state index contributed by atoms with van der Waals surface area (Å²) < 4.78 is 13.8. The number of carbonyl (C=O) groups is 3. The van der Waals surface area contributed by atoms with Gasteiger partial charge in [0, 0.05) is 18.5 Å². The van der Waals surface area contributed by atoms with Gasteiger partial charge in [-0.1, -0.05) is 35.9 Å². The number of fused-ring (bicyclic) bond motifs is 1. The second-order valence-electron chi connectivity index (χ2n) is 11.8. The Balaban J connectivity index is 0.955. The summed E-state index contributed by atoms with van der Waals surface area (Å²) in [4.78, 5) is 41.3. The topological polar surface area (TPSA) is 145 Å². The Labute approximate surface area is 281 Å². The van der Waals surface area contributed by atoms with E-state index >= 15 is 0 Å². The molecule has 0 saturated heterocycles. The van der Waals surface area contributed by atoms with Crippen molar-refractivity contribution in [2.75, 3.05) is 5.32 Å². The Morgan fingerprint density at radius 2 is 1.56 bits per heavy atom. The quantitative estimate of drug-likeness (QED) is 0.139. The highest BCUT2D eigenvalue weighted by molar-refractivity contribution is 6.33. The van der Waals surface area contributed by atoms with Crippen molar-refractivity contribution in [2.24, 2.45) is 7.05 Å². The van der Waals surface area contributed by atoms with Gasteiger partial charge in [0.1, 0.15) is 22.4 Å². The van der Waals surface area contributed by atoms with Crippen molar-refractivity contribution in [1.82, 2.24) is 20.1 Å². The Morgan fingerprint density at radius 1 is 0.917 bits per heavy atom. The number of rotatable bonds is 10. The fourth-order valence-corrected chi connectivity index (χ4v) is 6.04. The summed E-state index contributed by atoms with van der Waals surface area (Å²) in [5, 5.41) is 20.4. The Morgan fingerprint density at radius 3 is 2.25 bits per heavy atom. The number of carbonyl (C=O) groups excluding carboxylic acids is 2. The van der Waals surface area contributed by atoms with Crippen LogP contribution in [0, 0.1) is 6.92 Å². The first-order valence-electron chi connectivity index (χ1n) is 15.6. The highest BCUT2D eigenvalue weighted by atomic mass is 35.5. The number of aromatic nitrogens is 3. The first-order chi connectivity index (χ1) is 23.1. The van der Waals surface area contributed by atoms with Crippen molar-refractivity contribution in [1.29, 1.82) is 0 Å². The van der Waals surface area contributed by atoms with E-state index in [1.54, 1.807) is 60.3 Å². The molecule has 12 heteroatoms. The molecular weight excluding hydrogens is 634 g/mol. The van der Waals surface area contributed by atoms with Crippen LogP contribution in [0.3, 0.4) is 0 Å². The summed E-state index contributed by atoms with van der Waals surface area (Å²) in [6, 6.07) is 22.6. The van der Waals surface area contributed by atoms with Crippen molar-refractivity contribution in [2.45, 2.75) is 51.2 Å². The fraction of sp³-hybridized carbons (Fsp3) is 0.250. The largest absolute Gasteiger partial charge is 0.490 e. The average Bonchev–Trinajstić information content (AvgIpc) is 3.34. The predicted octanol–water partition coefficient (Wildman–Crippen LogP) is 6.72. The van der Waals surface area contributed by atoms with E-state index in [0.29, 0.717) is 22.7 Å². The number of aryl methyl sites for hydroxylation is 2. The van der Waals surface area contributed by atoms with E-state index in [1.807, 2.05) is 31.2 Å². The number of nitrogens with one attached hydrogen (secondary N) is 2. The molecule has 5 aromatic rings. The van der Waals surface area contributed by atoms with Gasteiger partial charge in [-0.25, -0.2) is 9.78 Å². The molecule has 0 atom stereocenters. The van der Waals surface area contributed by atoms with Gasteiger partial charge in [-0.3, -0.25) is 14.3 Å². The number of anilines is 1. The van der Waals surface area contributed by atoms with E-state index in [4.69, 9.17) is 21.1 Å². The number of hydrogen-bond acceptors (Lipinski definition) is 7. The molecule has 3 aromatic carbocycles. The van der Waals surface area contributed by atoms with Crippen LogP contribution in [0.25, 0.3) is 11.0 Å². The molecule has 1 aliphatic carbocycles. The molecule has 2 amide bonds.